The molecule has 8 heteroatoms. The molecule has 1 N–H and O–H groups in total. The first kappa shape index (κ1) is 20.2. The summed E-state index contributed by atoms with van der Waals surface area (Å²) >= 11 is 0. The van der Waals surface area contributed by atoms with Crippen molar-refractivity contribution in [3.63, 3.8) is 0 Å². The third-order valence-corrected chi connectivity index (χ3v) is 4.02. The summed E-state index contributed by atoms with van der Waals surface area (Å²) in [5.74, 6) is -0.817. The molecule has 0 spiro atoms. The van der Waals surface area contributed by atoms with Crippen LogP contribution in [0.4, 0.5) is 10.5 Å². The number of ether oxygens (including phenoxy) is 2. The largest absolute Gasteiger partial charge is 0.513 e. The fourth-order valence-electron chi connectivity index (χ4n) is 3.02. The highest BCUT2D eigenvalue weighted by molar-refractivity contribution is 5.96. The number of ketones is 1. The number of rotatable bonds is 5. The Hall–Kier alpha value is -3.16. The Kier molecular flexibility index (Phi) is 5.99. The second-order valence-electron chi connectivity index (χ2n) is 6.51. The highest BCUT2D eigenvalue weighted by atomic mass is 16.7. The Morgan fingerprint density at radius 3 is 2.44 bits per heavy atom. The fraction of sp³-hybridized carbons (Fsp3) is 0.368. The van der Waals surface area contributed by atoms with Crippen molar-refractivity contribution in [2.45, 2.75) is 46.6 Å². The van der Waals surface area contributed by atoms with E-state index >= 15 is 0 Å². The minimum absolute atomic E-state index is 0.117. The SMILES string of the molecule is CC(=O)C1=C(C)NC(C)=C(OC(=O)OC(C)C)C1c1cccc([N+](=O)[O-])c1. The molecule has 0 radical (unpaired) electrons. The molecule has 1 atom stereocenters. The zero-order chi connectivity index (χ0) is 20.3. The van der Waals surface area contributed by atoms with Gasteiger partial charge < -0.3 is 14.8 Å². The minimum Gasteiger partial charge on any atom is -0.431 e. The van der Waals surface area contributed by atoms with E-state index in [1.54, 1.807) is 33.8 Å². The van der Waals surface area contributed by atoms with Crippen LogP contribution in [-0.2, 0) is 14.3 Å². The van der Waals surface area contributed by atoms with Crippen LogP contribution in [0.15, 0.2) is 47.0 Å². The maximum absolute atomic E-state index is 12.3. The Labute approximate surface area is 157 Å². The van der Waals surface area contributed by atoms with Crippen molar-refractivity contribution >= 4 is 17.6 Å². The van der Waals surface area contributed by atoms with E-state index in [2.05, 4.69) is 5.32 Å². The van der Waals surface area contributed by atoms with Crippen LogP contribution in [0.1, 0.15) is 46.1 Å². The third kappa shape index (κ3) is 4.52. The number of non-ortho nitro benzene ring substituents is 1. The molecule has 8 nitrogen and oxygen atoms in total. The van der Waals surface area contributed by atoms with E-state index in [4.69, 9.17) is 9.47 Å². The maximum Gasteiger partial charge on any atom is 0.513 e. The summed E-state index contributed by atoms with van der Waals surface area (Å²) < 4.78 is 10.4. The number of nitro groups is 1. The lowest BCUT2D eigenvalue weighted by Crippen LogP contribution is -2.29. The van der Waals surface area contributed by atoms with Gasteiger partial charge in [-0.15, -0.1) is 0 Å². The molecular formula is C19H22N2O6. The van der Waals surface area contributed by atoms with Crippen LogP contribution in [0.5, 0.6) is 0 Å². The number of benzene rings is 1. The van der Waals surface area contributed by atoms with Crippen molar-refractivity contribution in [1.82, 2.24) is 5.32 Å². The van der Waals surface area contributed by atoms with Crippen LogP contribution >= 0.6 is 0 Å². The van der Waals surface area contributed by atoms with E-state index < -0.39 is 17.0 Å². The molecule has 1 aromatic carbocycles. The van der Waals surface area contributed by atoms with E-state index in [0.29, 0.717) is 22.5 Å². The van der Waals surface area contributed by atoms with Gasteiger partial charge in [-0.25, -0.2) is 4.79 Å². The number of hydrogen-bond donors (Lipinski definition) is 1. The molecular weight excluding hydrogens is 352 g/mol. The fourth-order valence-corrected chi connectivity index (χ4v) is 3.02. The van der Waals surface area contributed by atoms with Crippen molar-refractivity contribution in [3.05, 3.63) is 62.7 Å². The van der Waals surface area contributed by atoms with Crippen molar-refractivity contribution in [3.8, 4) is 0 Å². The number of nitrogens with one attached hydrogen (secondary N) is 1. The average Bonchev–Trinajstić information content (AvgIpc) is 2.55. The molecule has 0 saturated heterocycles. The van der Waals surface area contributed by atoms with Crippen molar-refractivity contribution in [2.24, 2.45) is 0 Å². The molecule has 0 bridgehead atoms. The average molecular weight is 374 g/mol. The number of nitrogens with zero attached hydrogens (tertiary/aromatic N) is 1. The lowest BCUT2D eigenvalue weighted by molar-refractivity contribution is -0.384. The third-order valence-electron chi connectivity index (χ3n) is 4.02. The summed E-state index contributed by atoms with van der Waals surface area (Å²) in [6.45, 7) is 8.20. The first-order valence-corrected chi connectivity index (χ1v) is 8.44. The lowest BCUT2D eigenvalue weighted by atomic mass is 9.83. The van der Waals surface area contributed by atoms with Crippen LogP contribution < -0.4 is 5.32 Å². The quantitative estimate of drug-likeness (QED) is 0.472. The van der Waals surface area contributed by atoms with Crippen LogP contribution in [0.25, 0.3) is 0 Å². The summed E-state index contributed by atoms with van der Waals surface area (Å²) in [6, 6.07) is 5.92. The van der Waals surface area contributed by atoms with Gasteiger partial charge in [-0.1, -0.05) is 12.1 Å². The van der Waals surface area contributed by atoms with Gasteiger partial charge in [0, 0.05) is 23.4 Å². The Balaban J connectivity index is 2.57. The Morgan fingerprint density at radius 2 is 1.89 bits per heavy atom. The first-order chi connectivity index (χ1) is 12.6. The summed E-state index contributed by atoms with van der Waals surface area (Å²) in [5.41, 5.74) is 1.85. The topological polar surface area (TPSA) is 108 Å². The number of hydrogen-bond acceptors (Lipinski definition) is 7. The highest BCUT2D eigenvalue weighted by Crippen LogP contribution is 2.40. The number of nitro benzene ring substituents is 1. The molecule has 0 saturated carbocycles. The molecule has 27 heavy (non-hydrogen) atoms. The normalized spacial score (nSPS) is 16.9. The van der Waals surface area contributed by atoms with Crippen LogP contribution in [0.2, 0.25) is 0 Å². The summed E-state index contributed by atoms with van der Waals surface area (Å²) in [7, 11) is 0. The minimum atomic E-state index is -0.904. The van der Waals surface area contributed by atoms with E-state index in [9.17, 15) is 19.7 Å². The van der Waals surface area contributed by atoms with E-state index in [1.807, 2.05) is 0 Å². The first-order valence-electron chi connectivity index (χ1n) is 8.44. The van der Waals surface area contributed by atoms with Crippen LogP contribution in [-0.4, -0.2) is 23.0 Å². The Bertz CT molecular complexity index is 854. The highest BCUT2D eigenvalue weighted by Gasteiger charge is 2.35. The predicted octanol–water partition coefficient (Wildman–Crippen LogP) is 3.94. The smallest absolute Gasteiger partial charge is 0.431 e. The maximum atomic E-state index is 12.3. The van der Waals surface area contributed by atoms with Gasteiger partial charge >= 0.3 is 6.16 Å². The summed E-state index contributed by atoms with van der Waals surface area (Å²) in [4.78, 5) is 35.0. The van der Waals surface area contributed by atoms with Gasteiger partial charge in [0.05, 0.1) is 22.6 Å². The molecule has 144 valence electrons. The van der Waals surface area contributed by atoms with Gasteiger partial charge in [0.15, 0.2) is 5.78 Å². The summed E-state index contributed by atoms with van der Waals surface area (Å²) in [6.07, 6.45) is -1.28. The van der Waals surface area contributed by atoms with E-state index in [-0.39, 0.29) is 23.3 Å². The Morgan fingerprint density at radius 1 is 1.22 bits per heavy atom. The summed E-state index contributed by atoms with van der Waals surface area (Å²) in [5, 5.41) is 14.2. The van der Waals surface area contributed by atoms with Gasteiger partial charge in [-0.3, -0.25) is 14.9 Å². The predicted molar refractivity (Wildman–Crippen MR) is 97.8 cm³/mol. The van der Waals surface area contributed by atoms with Crippen molar-refractivity contribution in [2.75, 3.05) is 0 Å². The van der Waals surface area contributed by atoms with E-state index in [0.717, 1.165) is 0 Å². The molecule has 0 aliphatic carbocycles. The molecule has 0 aromatic heterocycles. The molecule has 2 rings (SSSR count). The lowest BCUT2D eigenvalue weighted by Gasteiger charge is -2.30. The van der Waals surface area contributed by atoms with Crippen LogP contribution in [0.3, 0.4) is 0 Å². The molecule has 1 unspecified atom stereocenters. The van der Waals surface area contributed by atoms with Crippen LogP contribution in [0, 0.1) is 10.1 Å². The second kappa shape index (κ2) is 8.03. The van der Waals surface area contributed by atoms with Gasteiger partial charge in [-0.2, -0.15) is 0 Å². The molecule has 1 aromatic rings. The number of carbonyl (C=O) groups is 2. The molecule has 0 amide bonds. The van der Waals surface area contributed by atoms with E-state index in [1.165, 1.54) is 25.1 Å². The number of allylic oxidation sites excluding steroid dienone is 3. The molecule has 1 aliphatic heterocycles. The number of Topliss-reactive ketones (excluding diaryl/α,β-unsaturated/α-hetero) is 1. The van der Waals surface area contributed by atoms with Gasteiger partial charge in [-0.05, 0) is 40.2 Å². The van der Waals surface area contributed by atoms with Gasteiger partial charge in [0.25, 0.3) is 5.69 Å². The standard InChI is InChI=1S/C19H22N2O6/c1-10(2)26-19(23)27-18-12(4)20-11(3)16(13(5)22)17(18)14-7-6-8-15(9-14)21(24)25/h6-10,17,20H,1-5H3. The van der Waals surface area contributed by atoms with Gasteiger partial charge in [0.1, 0.15) is 5.76 Å². The zero-order valence-corrected chi connectivity index (χ0v) is 15.9. The second-order valence-corrected chi connectivity index (χ2v) is 6.51. The van der Waals surface area contributed by atoms with Crippen molar-refractivity contribution < 1.29 is 24.0 Å². The van der Waals surface area contributed by atoms with Crippen molar-refractivity contribution in [1.29, 1.82) is 0 Å². The van der Waals surface area contributed by atoms with Gasteiger partial charge in [0.2, 0.25) is 0 Å². The zero-order valence-electron chi connectivity index (χ0n) is 15.9. The number of carbonyl (C=O) groups excluding carboxylic acids is 2. The number of dihydropyridines is 1. The molecule has 0 fully saturated rings. The molecule has 1 heterocycles. The monoisotopic (exact) mass is 374 g/mol. The molecule has 1 aliphatic rings.